The summed E-state index contributed by atoms with van der Waals surface area (Å²) in [6.07, 6.45) is 8.69. The summed E-state index contributed by atoms with van der Waals surface area (Å²) in [6.45, 7) is 0. The fourth-order valence-corrected chi connectivity index (χ4v) is 4.51. The molecule has 0 amide bonds. The van der Waals surface area contributed by atoms with Crippen LogP contribution in [0.1, 0.15) is 22.3 Å². The van der Waals surface area contributed by atoms with Gasteiger partial charge in [-0.1, -0.05) is 103 Å². The van der Waals surface area contributed by atoms with Crippen molar-refractivity contribution in [1.29, 1.82) is 0 Å². The van der Waals surface area contributed by atoms with E-state index in [-0.39, 0.29) is 0 Å². The molecule has 1 nitrogen and oxygen atoms in total. The van der Waals surface area contributed by atoms with E-state index in [9.17, 15) is 0 Å². The molecule has 0 saturated heterocycles. The highest BCUT2D eigenvalue weighted by Gasteiger charge is 2.14. The third kappa shape index (κ3) is 5.25. The zero-order chi connectivity index (χ0) is 23.0. The molecule has 164 valence electrons. The van der Waals surface area contributed by atoms with Crippen molar-refractivity contribution in [3.63, 3.8) is 0 Å². The molecule has 0 aliphatic carbocycles. The minimum atomic E-state index is 1.14. The van der Waals surface area contributed by atoms with Gasteiger partial charge in [0.1, 0.15) is 0 Å². The maximum Gasteiger partial charge on any atom is 0.0533 e. The fourth-order valence-electron chi connectivity index (χ4n) is 3.88. The van der Waals surface area contributed by atoms with Crippen LogP contribution in [0.2, 0.25) is 0 Å². The van der Waals surface area contributed by atoms with Crippen molar-refractivity contribution in [2.45, 2.75) is 0 Å². The molecule has 0 N–H and O–H groups in total. The number of anilines is 3. The average molecular weight is 456 g/mol. The third-order valence-corrected chi connectivity index (χ3v) is 6.31. The number of hydrogen-bond donors (Lipinski definition) is 0. The lowest BCUT2D eigenvalue weighted by Gasteiger charge is -2.27. The van der Waals surface area contributed by atoms with Crippen molar-refractivity contribution < 1.29 is 0 Å². The van der Waals surface area contributed by atoms with Crippen LogP contribution < -0.4 is 4.90 Å². The Bertz CT molecular complexity index is 1330. The lowest BCUT2D eigenvalue weighted by Crippen LogP contribution is -2.10. The van der Waals surface area contributed by atoms with Gasteiger partial charge in [0, 0.05) is 11.4 Å². The van der Waals surface area contributed by atoms with E-state index >= 15 is 0 Å². The first-order valence-electron chi connectivity index (χ1n) is 11.3. The second-order valence-corrected chi connectivity index (χ2v) is 8.74. The number of benzene rings is 4. The molecule has 0 fully saturated rings. The van der Waals surface area contributed by atoms with Gasteiger partial charge in [0.2, 0.25) is 0 Å². The van der Waals surface area contributed by atoms with Crippen LogP contribution in [0.5, 0.6) is 0 Å². The lowest BCUT2D eigenvalue weighted by molar-refractivity contribution is 1.28. The van der Waals surface area contributed by atoms with Crippen molar-refractivity contribution in [3.8, 4) is 0 Å². The van der Waals surface area contributed by atoms with E-state index < -0.39 is 0 Å². The largest absolute Gasteiger partial charge is 0.310 e. The van der Waals surface area contributed by atoms with Gasteiger partial charge in [-0.3, -0.25) is 0 Å². The predicted octanol–water partition coefficient (Wildman–Crippen LogP) is 9.56. The van der Waals surface area contributed by atoms with Crippen LogP contribution in [0.25, 0.3) is 24.3 Å². The van der Waals surface area contributed by atoms with Crippen LogP contribution in [0.3, 0.4) is 0 Å². The summed E-state index contributed by atoms with van der Waals surface area (Å²) in [6, 6.07) is 40.3. The Morgan fingerprint density at radius 3 is 1.59 bits per heavy atom. The smallest absolute Gasteiger partial charge is 0.0533 e. The van der Waals surface area contributed by atoms with Gasteiger partial charge in [-0.15, -0.1) is 0 Å². The van der Waals surface area contributed by atoms with E-state index in [1.807, 2.05) is 0 Å². The van der Waals surface area contributed by atoms with E-state index in [1.165, 1.54) is 16.7 Å². The summed E-state index contributed by atoms with van der Waals surface area (Å²) in [4.78, 5) is 2.30. The Kier molecular flexibility index (Phi) is 6.80. The van der Waals surface area contributed by atoms with Crippen molar-refractivity contribution in [3.05, 3.63) is 148 Å². The van der Waals surface area contributed by atoms with Gasteiger partial charge < -0.3 is 4.90 Å². The minimum absolute atomic E-state index is 1.14. The lowest BCUT2D eigenvalue weighted by atomic mass is 10.1. The molecule has 4 aromatic carbocycles. The monoisotopic (exact) mass is 455 g/mol. The van der Waals surface area contributed by atoms with Gasteiger partial charge in [0.15, 0.2) is 0 Å². The van der Waals surface area contributed by atoms with Crippen LogP contribution in [-0.2, 0) is 0 Å². The molecule has 0 unspecified atom stereocenters. The molecule has 2 heteroatoms. The summed E-state index contributed by atoms with van der Waals surface area (Å²) in [5, 5.41) is 4.25. The van der Waals surface area contributed by atoms with Gasteiger partial charge in [-0.05, 0) is 69.4 Å². The van der Waals surface area contributed by atoms with Crippen LogP contribution in [0.15, 0.2) is 126 Å². The summed E-state index contributed by atoms with van der Waals surface area (Å²) in [5.74, 6) is 0. The Labute approximate surface area is 205 Å². The molecule has 0 bridgehead atoms. The Hall–Kier alpha value is -4.14. The summed E-state index contributed by atoms with van der Waals surface area (Å²) in [5.41, 5.74) is 8.19. The maximum atomic E-state index is 2.30. The molecule has 1 heterocycles. The number of rotatable bonds is 7. The molecular formula is C32H25NS. The average Bonchev–Trinajstić information content (AvgIpc) is 3.43. The summed E-state index contributed by atoms with van der Waals surface area (Å²) >= 11 is 1.72. The van der Waals surface area contributed by atoms with E-state index in [2.05, 4.69) is 155 Å². The summed E-state index contributed by atoms with van der Waals surface area (Å²) in [7, 11) is 0. The fraction of sp³-hybridized carbons (Fsp3) is 0. The normalized spacial score (nSPS) is 11.3. The molecule has 5 rings (SSSR count). The SMILES string of the molecule is C(=Cc1ccsc1)c1ccc(C=Cc2ccccc2N(c2ccccc2)c2ccccc2)cc1. The van der Waals surface area contributed by atoms with Crippen molar-refractivity contribution in [2.24, 2.45) is 0 Å². The highest BCUT2D eigenvalue weighted by Crippen LogP contribution is 2.36. The van der Waals surface area contributed by atoms with Gasteiger partial charge in [-0.25, -0.2) is 0 Å². The zero-order valence-electron chi connectivity index (χ0n) is 18.8. The van der Waals surface area contributed by atoms with E-state index in [0.717, 1.165) is 22.6 Å². The Balaban J connectivity index is 1.43. The zero-order valence-corrected chi connectivity index (χ0v) is 19.6. The van der Waals surface area contributed by atoms with Gasteiger partial charge in [-0.2, -0.15) is 11.3 Å². The van der Waals surface area contributed by atoms with Crippen molar-refractivity contribution in [2.75, 3.05) is 4.90 Å². The number of para-hydroxylation sites is 3. The number of thiophene rings is 1. The van der Waals surface area contributed by atoms with E-state index in [0.29, 0.717) is 0 Å². The third-order valence-electron chi connectivity index (χ3n) is 5.61. The number of nitrogens with zero attached hydrogens (tertiary/aromatic N) is 1. The second-order valence-electron chi connectivity index (χ2n) is 7.96. The molecule has 0 aliphatic heterocycles. The second kappa shape index (κ2) is 10.7. The Morgan fingerprint density at radius 2 is 1.00 bits per heavy atom. The molecule has 0 radical (unpaired) electrons. The standard InChI is InChI=1S/C32H25NS/c1-3-10-30(11-4-1)33(31-12-5-2-6-13-31)32-14-8-7-9-29(32)22-21-27-17-15-26(16-18-27)19-20-28-23-24-34-25-28/h1-25H. The van der Waals surface area contributed by atoms with Crippen LogP contribution in [0, 0.1) is 0 Å². The highest BCUT2D eigenvalue weighted by atomic mass is 32.1. The van der Waals surface area contributed by atoms with Gasteiger partial charge >= 0.3 is 0 Å². The molecular weight excluding hydrogens is 430 g/mol. The van der Waals surface area contributed by atoms with Crippen molar-refractivity contribution >= 4 is 52.7 Å². The quantitative estimate of drug-likeness (QED) is 0.221. The first kappa shape index (κ1) is 21.7. The van der Waals surface area contributed by atoms with Crippen LogP contribution >= 0.6 is 11.3 Å². The van der Waals surface area contributed by atoms with Gasteiger partial charge in [0.05, 0.1) is 5.69 Å². The first-order valence-corrected chi connectivity index (χ1v) is 12.3. The van der Waals surface area contributed by atoms with E-state index in [4.69, 9.17) is 0 Å². The van der Waals surface area contributed by atoms with Crippen LogP contribution in [0.4, 0.5) is 17.1 Å². The molecule has 34 heavy (non-hydrogen) atoms. The predicted molar refractivity (Wildman–Crippen MR) is 150 cm³/mol. The van der Waals surface area contributed by atoms with E-state index in [1.54, 1.807) is 11.3 Å². The molecule has 5 aromatic rings. The minimum Gasteiger partial charge on any atom is -0.310 e. The molecule has 1 aromatic heterocycles. The first-order chi connectivity index (χ1) is 16.9. The van der Waals surface area contributed by atoms with Gasteiger partial charge in [0.25, 0.3) is 0 Å². The topological polar surface area (TPSA) is 3.24 Å². The molecule has 0 atom stereocenters. The maximum absolute atomic E-state index is 2.30. The molecule has 0 spiro atoms. The van der Waals surface area contributed by atoms with Crippen LogP contribution in [-0.4, -0.2) is 0 Å². The molecule has 0 saturated carbocycles. The van der Waals surface area contributed by atoms with Crippen molar-refractivity contribution in [1.82, 2.24) is 0 Å². The number of hydrogen-bond acceptors (Lipinski definition) is 2. The Morgan fingerprint density at radius 1 is 0.471 bits per heavy atom. The summed E-state index contributed by atoms with van der Waals surface area (Å²) < 4.78 is 0. The molecule has 0 aliphatic rings. The highest BCUT2D eigenvalue weighted by molar-refractivity contribution is 7.08.